The molecule has 0 aliphatic rings. The summed E-state index contributed by atoms with van der Waals surface area (Å²) < 4.78 is 5.30. The quantitative estimate of drug-likeness (QED) is 0.541. The molecule has 5 nitrogen and oxygen atoms in total. The molecular weight excluding hydrogens is 360 g/mol. The number of rotatable bonds is 8. The van der Waals surface area contributed by atoms with Gasteiger partial charge in [-0.1, -0.05) is 23.7 Å². The summed E-state index contributed by atoms with van der Waals surface area (Å²) in [5.74, 6) is 1.31. The molecule has 25 heavy (non-hydrogen) atoms. The first-order valence-corrected chi connectivity index (χ1v) is 9.21. The molecule has 0 spiro atoms. The second-order valence-electron chi connectivity index (χ2n) is 5.07. The maximum Gasteiger partial charge on any atom is 0.250 e. The number of benzene rings is 2. The van der Waals surface area contributed by atoms with Crippen LogP contribution in [-0.2, 0) is 10.5 Å². The molecule has 0 radical (unpaired) electrons. The van der Waals surface area contributed by atoms with Gasteiger partial charge in [-0.2, -0.15) is 5.10 Å². The number of halogens is 1. The predicted octanol–water partition coefficient (Wildman–Crippen LogP) is 3.83. The molecule has 7 heteroatoms. The third-order valence-electron chi connectivity index (χ3n) is 3.10. The molecule has 0 saturated heterocycles. The number of nitrogens with one attached hydrogen (secondary N) is 1. The Hall–Kier alpha value is -2.18. The zero-order chi connectivity index (χ0) is 18.1. The summed E-state index contributed by atoms with van der Waals surface area (Å²) in [4.78, 5) is 11.8. The van der Waals surface area contributed by atoms with Crippen LogP contribution in [0.2, 0.25) is 5.02 Å². The van der Waals surface area contributed by atoms with Crippen molar-refractivity contribution in [2.24, 2.45) is 5.10 Å². The summed E-state index contributed by atoms with van der Waals surface area (Å²) in [5.41, 5.74) is 4.31. The number of phenolic OH excluding ortho intramolecular Hbond substituents is 1. The van der Waals surface area contributed by atoms with Crippen molar-refractivity contribution in [2.75, 3.05) is 12.4 Å². The van der Waals surface area contributed by atoms with Crippen LogP contribution in [0.3, 0.4) is 0 Å². The molecule has 0 aromatic heterocycles. The number of ether oxygens (including phenoxy) is 1. The van der Waals surface area contributed by atoms with Gasteiger partial charge in [0.2, 0.25) is 5.91 Å². The number of amides is 1. The first kappa shape index (κ1) is 19.1. The minimum atomic E-state index is -0.181. The Morgan fingerprint density at radius 1 is 1.32 bits per heavy atom. The van der Waals surface area contributed by atoms with Gasteiger partial charge in [0.15, 0.2) is 11.5 Å². The molecule has 2 aromatic rings. The maximum absolute atomic E-state index is 11.8. The van der Waals surface area contributed by atoms with Crippen molar-refractivity contribution in [1.29, 1.82) is 0 Å². The van der Waals surface area contributed by atoms with E-state index in [1.54, 1.807) is 12.1 Å². The Morgan fingerprint density at radius 3 is 2.80 bits per heavy atom. The lowest BCUT2D eigenvalue weighted by Gasteiger charge is -2.06. The van der Waals surface area contributed by atoms with Crippen LogP contribution >= 0.6 is 23.4 Å². The zero-order valence-corrected chi connectivity index (χ0v) is 15.3. The second kappa shape index (κ2) is 9.96. The molecular formula is C18H19ClN2O3S. The van der Waals surface area contributed by atoms with Crippen molar-refractivity contribution in [1.82, 2.24) is 5.43 Å². The molecule has 0 atom stereocenters. The Labute approximate surface area is 156 Å². The molecule has 2 N–H and O–H groups in total. The number of carbonyl (C=O) groups excluding carboxylic acids is 1. The molecule has 0 unspecified atom stereocenters. The fourth-order valence-corrected chi connectivity index (χ4v) is 2.84. The number of hydrogen-bond donors (Lipinski definition) is 2. The average Bonchev–Trinajstić information content (AvgIpc) is 2.60. The Kier molecular flexibility index (Phi) is 7.63. The fourth-order valence-electron chi connectivity index (χ4n) is 1.94. The van der Waals surface area contributed by atoms with Crippen LogP contribution in [0.5, 0.6) is 11.5 Å². The topological polar surface area (TPSA) is 70.9 Å². The van der Waals surface area contributed by atoms with Gasteiger partial charge in [0.05, 0.1) is 18.6 Å². The lowest BCUT2D eigenvalue weighted by atomic mass is 10.2. The Bertz CT molecular complexity index is 736. The van der Waals surface area contributed by atoms with E-state index in [4.69, 9.17) is 16.3 Å². The van der Waals surface area contributed by atoms with Crippen LogP contribution in [-0.4, -0.2) is 29.6 Å². The van der Waals surface area contributed by atoms with Gasteiger partial charge in [-0.3, -0.25) is 4.79 Å². The van der Waals surface area contributed by atoms with Gasteiger partial charge in [0, 0.05) is 10.8 Å². The van der Waals surface area contributed by atoms with E-state index in [2.05, 4.69) is 10.5 Å². The van der Waals surface area contributed by atoms with Gasteiger partial charge < -0.3 is 9.84 Å². The fraction of sp³-hybridized carbons (Fsp3) is 0.222. The van der Waals surface area contributed by atoms with Crippen molar-refractivity contribution in [3.05, 3.63) is 58.6 Å². The highest BCUT2D eigenvalue weighted by atomic mass is 35.5. The van der Waals surface area contributed by atoms with Crippen molar-refractivity contribution in [2.45, 2.75) is 12.7 Å². The molecule has 0 aliphatic heterocycles. The van der Waals surface area contributed by atoms with Gasteiger partial charge in [0.1, 0.15) is 0 Å². The second-order valence-corrected chi connectivity index (χ2v) is 6.49. The molecule has 0 heterocycles. The van der Waals surface area contributed by atoms with Crippen molar-refractivity contribution in [3.8, 4) is 11.5 Å². The summed E-state index contributed by atoms with van der Waals surface area (Å²) in [6.07, 6.45) is 1.50. The summed E-state index contributed by atoms with van der Waals surface area (Å²) in [6, 6.07) is 12.4. The maximum atomic E-state index is 11.8. The minimum Gasteiger partial charge on any atom is -0.504 e. The highest BCUT2D eigenvalue weighted by molar-refractivity contribution is 7.99. The molecule has 0 bridgehead atoms. The summed E-state index contributed by atoms with van der Waals surface area (Å²) in [5, 5.41) is 14.3. The van der Waals surface area contributed by atoms with Gasteiger partial charge in [-0.15, -0.1) is 11.8 Å². The van der Waals surface area contributed by atoms with Crippen molar-refractivity contribution in [3.63, 3.8) is 0 Å². The third kappa shape index (κ3) is 6.68. The molecule has 0 saturated carbocycles. The van der Waals surface area contributed by atoms with E-state index in [-0.39, 0.29) is 11.7 Å². The van der Waals surface area contributed by atoms with Gasteiger partial charge in [-0.25, -0.2) is 5.43 Å². The van der Waals surface area contributed by atoms with Gasteiger partial charge >= 0.3 is 0 Å². The van der Waals surface area contributed by atoms with Crippen molar-refractivity contribution < 1.29 is 14.6 Å². The first-order valence-electron chi connectivity index (χ1n) is 7.68. The summed E-state index contributed by atoms with van der Waals surface area (Å²) in [6.45, 7) is 2.29. The number of aromatic hydroxyl groups is 1. The van der Waals surface area contributed by atoms with E-state index < -0.39 is 0 Å². The third-order valence-corrected chi connectivity index (χ3v) is 4.36. The normalized spacial score (nSPS) is 10.8. The summed E-state index contributed by atoms with van der Waals surface area (Å²) in [7, 11) is 0. The monoisotopic (exact) mass is 378 g/mol. The Balaban J connectivity index is 1.76. The van der Waals surface area contributed by atoms with E-state index in [1.807, 2.05) is 31.2 Å². The molecule has 2 rings (SSSR count). The number of carbonyl (C=O) groups is 1. The van der Waals surface area contributed by atoms with E-state index in [9.17, 15) is 9.90 Å². The Morgan fingerprint density at radius 2 is 2.08 bits per heavy atom. The molecule has 2 aromatic carbocycles. The van der Waals surface area contributed by atoms with E-state index in [1.165, 1.54) is 24.0 Å². The van der Waals surface area contributed by atoms with Crippen LogP contribution in [0, 0.1) is 0 Å². The summed E-state index contributed by atoms with van der Waals surface area (Å²) >= 11 is 7.33. The predicted molar refractivity (Wildman–Crippen MR) is 103 cm³/mol. The van der Waals surface area contributed by atoms with Gasteiger partial charge in [0.25, 0.3) is 0 Å². The molecule has 1 amide bonds. The standard InChI is InChI=1S/C18H19ClN2O3S/c1-2-24-17-9-14(5-8-16(17)22)10-20-21-18(23)12-25-11-13-3-6-15(19)7-4-13/h3-10,22H,2,11-12H2,1H3,(H,21,23). The molecule has 132 valence electrons. The number of nitrogens with zero attached hydrogens (tertiary/aromatic N) is 1. The van der Waals surface area contributed by atoms with Gasteiger partial charge in [-0.05, 0) is 48.4 Å². The van der Waals surface area contributed by atoms with E-state index >= 15 is 0 Å². The van der Waals surface area contributed by atoms with E-state index in [0.29, 0.717) is 23.1 Å². The molecule has 0 fully saturated rings. The highest BCUT2D eigenvalue weighted by Gasteiger charge is 2.03. The molecule has 0 aliphatic carbocycles. The van der Waals surface area contributed by atoms with Crippen LogP contribution in [0.15, 0.2) is 47.6 Å². The lowest BCUT2D eigenvalue weighted by molar-refractivity contribution is -0.118. The van der Waals surface area contributed by atoms with Crippen LogP contribution < -0.4 is 10.2 Å². The highest BCUT2D eigenvalue weighted by Crippen LogP contribution is 2.26. The SMILES string of the molecule is CCOc1cc(C=NNC(=O)CSCc2ccc(Cl)cc2)ccc1O. The lowest BCUT2D eigenvalue weighted by Crippen LogP contribution is -2.19. The zero-order valence-electron chi connectivity index (χ0n) is 13.7. The van der Waals surface area contributed by atoms with Crippen molar-refractivity contribution >= 4 is 35.5 Å². The van der Waals surface area contributed by atoms with Crippen LogP contribution in [0.1, 0.15) is 18.1 Å². The average molecular weight is 379 g/mol. The largest absolute Gasteiger partial charge is 0.504 e. The number of hydrazone groups is 1. The number of thioether (sulfide) groups is 1. The smallest absolute Gasteiger partial charge is 0.250 e. The van der Waals surface area contributed by atoms with Crippen LogP contribution in [0.25, 0.3) is 0 Å². The number of hydrogen-bond acceptors (Lipinski definition) is 5. The van der Waals surface area contributed by atoms with Crippen LogP contribution in [0.4, 0.5) is 0 Å². The number of phenols is 1. The first-order chi connectivity index (χ1) is 12.1. The van der Waals surface area contributed by atoms with E-state index in [0.717, 1.165) is 16.9 Å². The minimum absolute atomic E-state index is 0.0710.